The van der Waals surface area contributed by atoms with Crippen LogP contribution in [0, 0.1) is 5.41 Å². The molecule has 5 heteroatoms. The molecule has 0 bridgehead atoms. The lowest BCUT2D eigenvalue weighted by atomic mass is 10.1. The summed E-state index contributed by atoms with van der Waals surface area (Å²) >= 11 is 0. The smallest absolute Gasteiger partial charge is 0.200 e. The zero-order chi connectivity index (χ0) is 13.8. The first-order chi connectivity index (χ1) is 8.61. The van der Waals surface area contributed by atoms with E-state index in [2.05, 4.69) is 17.2 Å². The Bertz CT molecular complexity index is 253. The monoisotopic (exact) mass is 256 g/mol. The van der Waals surface area contributed by atoms with Gasteiger partial charge in [-0.1, -0.05) is 13.3 Å². The van der Waals surface area contributed by atoms with E-state index in [0.717, 1.165) is 45.2 Å². The predicted molar refractivity (Wildman–Crippen MR) is 77.4 cm³/mol. The summed E-state index contributed by atoms with van der Waals surface area (Å²) in [5, 5.41) is 10.2. The highest BCUT2D eigenvalue weighted by Gasteiger charge is 2.10. The lowest BCUT2D eigenvalue weighted by Crippen LogP contribution is -2.32. The van der Waals surface area contributed by atoms with E-state index in [-0.39, 0.29) is 6.04 Å². The van der Waals surface area contributed by atoms with Gasteiger partial charge in [-0.05, 0) is 32.6 Å². The molecule has 4 N–H and O–H groups in total. The van der Waals surface area contributed by atoms with Crippen molar-refractivity contribution < 1.29 is 4.74 Å². The quantitative estimate of drug-likeness (QED) is 0.335. The Labute approximate surface area is 111 Å². The van der Waals surface area contributed by atoms with E-state index >= 15 is 0 Å². The number of methoxy groups -OCH3 is 1. The van der Waals surface area contributed by atoms with Crippen molar-refractivity contribution in [2.24, 2.45) is 10.7 Å². The molecule has 0 saturated carbocycles. The van der Waals surface area contributed by atoms with Crippen molar-refractivity contribution in [3.8, 4) is 0 Å². The van der Waals surface area contributed by atoms with Crippen molar-refractivity contribution in [2.45, 2.75) is 52.0 Å². The maximum atomic E-state index is 7.23. The molecule has 0 aliphatic carbocycles. The molecule has 0 heterocycles. The van der Waals surface area contributed by atoms with Crippen LogP contribution in [0.2, 0.25) is 0 Å². The maximum Gasteiger partial charge on any atom is 0.200 e. The highest BCUT2D eigenvalue weighted by atomic mass is 16.5. The number of hydrogen-bond donors (Lipinski definition) is 3. The van der Waals surface area contributed by atoms with Gasteiger partial charge >= 0.3 is 0 Å². The second kappa shape index (κ2) is 11.0. The van der Waals surface area contributed by atoms with Crippen molar-refractivity contribution in [1.29, 1.82) is 5.41 Å². The Balaban J connectivity index is 3.79. The fourth-order valence-electron chi connectivity index (χ4n) is 1.57. The molecule has 18 heavy (non-hydrogen) atoms. The van der Waals surface area contributed by atoms with Crippen molar-refractivity contribution >= 4 is 11.7 Å². The van der Waals surface area contributed by atoms with Crippen LogP contribution in [0.4, 0.5) is 0 Å². The van der Waals surface area contributed by atoms with Crippen LogP contribution in [0.1, 0.15) is 46.0 Å². The minimum Gasteiger partial charge on any atom is -0.483 e. The molecule has 0 saturated heterocycles. The minimum absolute atomic E-state index is 0.104. The van der Waals surface area contributed by atoms with Crippen LogP contribution in [0.5, 0.6) is 0 Å². The third kappa shape index (κ3) is 8.98. The molecule has 1 atom stereocenters. The number of amidine groups is 1. The van der Waals surface area contributed by atoms with E-state index in [9.17, 15) is 0 Å². The summed E-state index contributed by atoms with van der Waals surface area (Å²) in [7, 11) is 1.63. The van der Waals surface area contributed by atoms with Gasteiger partial charge in [0.25, 0.3) is 0 Å². The lowest BCUT2D eigenvalue weighted by molar-refractivity contribution is 0.373. The molecule has 0 aromatic rings. The van der Waals surface area contributed by atoms with Crippen molar-refractivity contribution in [2.75, 3.05) is 20.2 Å². The molecule has 0 aliphatic heterocycles. The van der Waals surface area contributed by atoms with Gasteiger partial charge in [0.2, 0.25) is 0 Å². The Morgan fingerprint density at radius 1 is 1.39 bits per heavy atom. The van der Waals surface area contributed by atoms with Crippen LogP contribution in [-0.2, 0) is 4.74 Å². The Hall–Kier alpha value is -1.10. The van der Waals surface area contributed by atoms with E-state index in [1.165, 1.54) is 0 Å². The molecule has 0 fully saturated rings. The molecular formula is C13H28N4O. The molecule has 0 rings (SSSR count). The maximum absolute atomic E-state index is 7.23. The molecule has 0 aromatic heterocycles. The van der Waals surface area contributed by atoms with E-state index in [4.69, 9.17) is 15.9 Å². The number of rotatable bonds is 9. The van der Waals surface area contributed by atoms with E-state index < -0.39 is 0 Å². The molecule has 0 amide bonds. The molecule has 5 nitrogen and oxygen atoms in total. The Kier molecular flexibility index (Phi) is 10.3. The average Bonchev–Trinajstić information content (AvgIpc) is 2.33. The predicted octanol–water partition coefficient (Wildman–Crippen LogP) is 1.92. The summed E-state index contributed by atoms with van der Waals surface area (Å²) in [6, 6.07) is -0.104. The molecule has 0 aromatic carbocycles. The van der Waals surface area contributed by atoms with Gasteiger partial charge in [0.05, 0.1) is 19.0 Å². The average molecular weight is 256 g/mol. The third-order valence-corrected chi connectivity index (χ3v) is 2.64. The summed E-state index contributed by atoms with van der Waals surface area (Å²) in [5.41, 5.74) is 6.03. The summed E-state index contributed by atoms with van der Waals surface area (Å²) in [6.07, 6.45) is 5.09. The number of unbranched alkanes of at least 4 members (excludes halogenated alkanes) is 2. The number of nitrogens with one attached hydrogen (secondary N) is 2. The zero-order valence-electron chi connectivity index (χ0n) is 12.0. The van der Waals surface area contributed by atoms with E-state index in [1.807, 2.05) is 0 Å². The Morgan fingerprint density at radius 3 is 2.67 bits per heavy atom. The van der Waals surface area contributed by atoms with Gasteiger partial charge in [-0.15, -0.1) is 0 Å². The molecule has 106 valence electrons. The zero-order valence-corrected chi connectivity index (χ0v) is 12.0. The summed E-state index contributed by atoms with van der Waals surface area (Å²) in [5.74, 6) is 1.18. The van der Waals surface area contributed by atoms with E-state index in [0.29, 0.717) is 11.7 Å². The van der Waals surface area contributed by atoms with Crippen molar-refractivity contribution in [1.82, 2.24) is 5.32 Å². The van der Waals surface area contributed by atoms with Crippen LogP contribution in [0.15, 0.2) is 4.99 Å². The molecule has 0 spiro atoms. The van der Waals surface area contributed by atoms with Gasteiger partial charge in [-0.25, -0.2) is 0 Å². The van der Waals surface area contributed by atoms with Gasteiger partial charge in [-0.2, -0.15) is 0 Å². The summed E-state index contributed by atoms with van der Waals surface area (Å²) < 4.78 is 5.23. The first-order valence-corrected chi connectivity index (χ1v) is 6.74. The second-order valence-corrected chi connectivity index (χ2v) is 4.43. The largest absolute Gasteiger partial charge is 0.483 e. The lowest BCUT2D eigenvalue weighted by Gasteiger charge is -2.13. The highest BCUT2D eigenvalue weighted by Crippen LogP contribution is 2.02. The van der Waals surface area contributed by atoms with Gasteiger partial charge < -0.3 is 15.8 Å². The summed E-state index contributed by atoms with van der Waals surface area (Å²) in [4.78, 5) is 4.38. The standard InChI is InChI=1S/C13H28N4O/c1-4-5-9-17-13(18-3)12(15)8-6-7-10-16-11(2)14/h12H,4-10,15H2,1-3H3,(H2,14,16). The number of hydrogen-bond acceptors (Lipinski definition) is 4. The fourth-order valence-corrected chi connectivity index (χ4v) is 1.57. The molecule has 1 unspecified atom stereocenters. The summed E-state index contributed by atoms with van der Waals surface area (Å²) in [6.45, 7) is 5.51. The first kappa shape index (κ1) is 16.9. The van der Waals surface area contributed by atoms with Crippen LogP contribution in [0.3, 0.4) is 0 Å². The fraction of sp³-hybridized carbons (Fsp3) is 0.846. The van der Waals surface area contributed by atoms with Crippen LogP contribution >= 0.6 is 0 Å². The molecule has 0 aliphatic rings. The van der Waals surface area contributed by atoms with Gasteiger partial charge in [-0.3, -0.25) is 10.4 Å². The van der Waals surface area contributed by atoms with Crippen molar-refractivity contribution in [3.05, 3.63) is 0 Å². The van der Waals surface area contributed by atoms with Gasteiger partial charge in [0.1, 0.15) is 0 Å². The topological polar surface area (TPSA) is 83.5 Å². The normalized spacial score (nSPS) is 13.2. The molecule has 0 radical (unpaired) electrons. The molecular weight excluding hydrogens is 228 g/mol. The third-order valence-electron chi connectivity index (χ3n) is 2.64. The van der Waals surface area contributed by atoms with E-state index in [1.54, 1.807) is 14.0 Å². The highest BCUT2D eigenvalue weighted by molar-refractivity contribution is 5.81. The van der Waals surface area contributed by atoms with Crippen LogP contribution in [0.25, 0.3) is 0 Å². The number of nitrogens with zero attached hydrogens (tertiary/aromatic N) is 1. The SMILES string of the molecule is CCCCN=C(OC)C(N)CCCCNC(C)=N. The first-order valence-electron chi connectivity index (χ1n) is 6.74. The van der Waals surface area contributed by atoms with Crippen molar-refractivity contribution in [3.63, 3.8) is 0 Å². The van der Waals surface area contributed by atoms with Crippen LogP contribution in [-0.4, -0.2) is 38.0 Å². The number of nitrogens with two attached hydrogens (primary N) is 1. The van der Waals surface area contributed by atoms with Crippen LogP contribution < -0.4 is 11.1 Å². The minimum atomic E-state index is -0.104. The second-order valence-electron chi connectivity index (χ2n) is 4.43. The van der Waals surface area contributed by atoms with Gasteiger partial charge in [0.15, 0.2) is 5.90 Å². The Morgan fingerprint density at radius 2 is 2.11 bits per heavy atom. The number of ether oxygens (including phenoxy) is 1. The van der Waals surface area contributed by atoms with Gasteiger partial charge in [0, 0.05) is 13.1 Å². The number of aliphatic imine (C=N–C) groups is 1.